The molecule has 0 bridgehead atoms. The molecule has 6 nitrogen and oxygen atoms in total. The number of nitrogens with zero attached hydrogens (tertiary/aromatic N) is 4. The summed E-state index contributed by atoms with van der Waals surface area (Å²) in [5, 5.41) is 0.880. The number of imidazole rings is 1. The van der Waals surface area contributed by atoms with Crippen LogP contribution in [0, 0.1) is 6.92 Å². The first-order chi connectivity index (χ1) is 15.1. The van der Waals surface area contributed by atoms with Crippen molar-refractivity contribution in [2.45, 2.75) is 32.1 Å². The summed E-state index contributed by atoms with van der Waals surface area (Å²) in [6, 6.07) is 8.00. The first kappa shape index (κ1) is 19.9. The summed E-state index contributed by atoms with van der Waals surface area (Å²) in [5.41, 5.74) is 4.00. The van der Waals surface area contributed by atoms with E-state index in [-0.39, 0.29) is 6.67 Å². The predicted octanol–water partition coefficient (Wildman–Crippen LogP) is 4.35. The molecule has 4 aromatic rings. The van der Waals surface area contributed by atoms with Gasteiger partial charge in [-0.3, -0.25) is 9.37 Å². The normalized spacial score (nSPS) is 15.8. The molecule has 1 aliphatic rings. The number of hydrogen-bond acceptors (Lipinski definition) is 5. The van der Waals surface area contributed by atoms with Gasteiger partial charge < -0.3 is 13.7 Å². The second-order valence-electron chi connectivity index (χ2n) is 8.32. The second kappa shape index (κ2) is 8.23. The van der Waals surface area contributed by atoms with Gasteiger partial charge in [0, 0.05) is 24.3 Å². The van der Waals surface area contributed by atoms with Crippen molar-refractivity contribution >= 4 is 16.6 Å². The number of aryl methyl sites for hydroxylation is 1. The van der Waals surface area contributed by atoms with E-state index in [0.717, 1.165) is 43.6 Å². The third-order valence-electron chi connectivity index (χ3n) is 6.17. The van der Waals surface area contributed by atoms with Crippen LogP contribution >= 0.6 is 0 Å². The molecular weight excluding hydrogens is 395 g/mol. The Morgan fingerprint density at radius 3 is 2.84 bits per heavy atom. The molecule has 0 amide bonds. The van der Waals surface area contributed by atoms with Crippen molar-refractivity contribution in [3.05, 3.63) is 64.5 Å². The highest BCUT2D eigenvalue weighted by molar-refractivity contribution is 5.82. The van der Waals surface area contributed by atoms with Crippen molar-refractivity contribution in [2.24, 2.45) is 0 Å². The molecule has 0 spiro atoms. The zero-order chi connectivity index (χ0) is 21.4. The molecule has 31 heavy (non-hydrogen) atoms. The maximum atomic E-state index is 12.7. The molecular formula is C24H25FN4O2. The van der Waals surface area contributed by atoms with Gasteiger partial charge in [-0.15, -0.1) is 0 Å². The van der Waals surface area contributed by atoms with Crippen molar-refractivity contribution < 1.29 is 8.81 Å². The van der Waals surface area contributed by atoms with Crippen LogP contribution in [-0.4, -0.2) is 45.6 Å². The van der Waals surface area contributed by atoms with Gasteiger partial charge in [0.1, 0.15) is 5.58 Å². The predicted molar refractivity (Wildman–Crippen MR) is 118 cm³/mol. The van der Waals surface area contributed by atoms with Crippen molar-refractivity contribution in [3.8, 4) is 11.3 Å². The van der Waals surface area contributed by atoms with Crippen LogP contribution in [0.3, 0.4) is 0 Å². The molecule has 3 aromatic heterocycles. The number of likely N-dealkylation sites (tertiary alicyclic amines) is 1. The van der Waals surface area contributed by atoms with E-state index < -0.39 is 5.63 Å². The molecule has 4 heterocycles. The Balaban J connectivity index is 1.41. The topological polar surface area (TPSA) is 63.6 Å². The smallest absolute Gasteiger partial charge is 0.345 e. The SMILES string of the molecule is Cc1cn2cc(-c3cc4ccc(C5CCN(CCCF)CC5)cc4oc3=O)nc2cn1. The standard InChI is InChI=1S/C24H25FN4O2/c1-16-14-29-15-21(27-23(29)13-26-16)20-11-19-4-3-18(12-22(19)31-24(20)30)17-5-9-28(10-6-17)8-2-7-25/h3-4,11-15,17H,2,5-10H2,1H3. The second-order valence-corrected chi connectivity index (χ2v) is 8.32. The minimum atomic E-state index is -0.390. The summed E-state index contributed by atoms with van der Waals surface area (Å²) in [6.07, 6.45) is 8.08. The number of fused-ring (bicyclic) bond motifs is 2. The van der Waals surface area contributed by atoms with Crippen LogP contribution in [-0.2, 0) is 0 Å². The van der Waals surface area contributed by atoms with E-state index in [1.165, 1.54) is 5.56 Å². The van der Waals surface area contributed by atoms with Gasteiger partial charge in [0.05, 0.1) is 29.8 Å². The van der Waals surface area contributed by atoms with E-state index in [1.807, 2.05) is 41.9 Å². The van der Waals surface area contributed by atoms with Crippen LogP contribution in [0.1, 0.15) is 36.4 Å². The number of aromatic nitrogens is 3. The molecule has 7 heteroatoms. The third-order valence-corrected chi connectivity index (χ3v) is 6.17. The minimum Gasteiger partial charge on any atom is -0.422 e. The fraction of sp³-hybridized carbons (Fsp3) is 0.375. The van der Waals surface area contributed by atoms with Gasteiger partial charge in [-0.25, -0.2) is 9.78 Å². The van der Waals surface area contributed by atoms with Crippen LogP contribution in [0.4, 0.5) is 4.39 Å². The monoisotopic (exact) mass is 420 g/mol. The van der Waals surface area contributed by atoms with Crippen molar-refractivity contribution in [2.75, 3.05) is 26.3 Å². The van der Waals surface area contributed by atoms with Crippen LogP contribution < -0.4 is 5.63 Å². The zero-order valence-corrected chi connectivity index (χ0v) is 17.6. The lowest BCUT2D eigenvalue weighted by Crippen LogP contribution is -2.33. The third kappa shape index (κ3) is 3.97. The highest BCUT2D eigenvalue weighted by Crippen LogP contribution is 2.31. The maximum absolute atomic E-state index is 12.7. The lowest BCUT2D eigenvalue weighted by molar-refractivity contribution is 0.204. The van der Waals surface area contributed by atoms with Crippen molar-refractivity contribution in [1.29, 1.82) is 0 Å². The molecule has 1 aromatic carbocycles. The Hall–Kier alpha value is -3.06. The number of alkyl halides is 1. The summed E-state index contributed by atoms with van der Waals surface area (Å²) >= 11 is 0. The van der Waals surface area contributed by atoms with Gasteiger partial charge in [-0.1, -0.05) is 12.1 Å². The van der Waals surface area contributed by atoms with Crippen molar-refractivity contribution in [3.63, 3.8) is 0 Å². The molecule has 1 saturated heterocycles. The van der Waals surface area contributed by atoms with E-state index in [1.54, 1.807) is 6.20 Å². The Morgan fingerprint density at radius 1 is 1.19 bits per heavy atom. The summed E-state index contributed by atoms with van der Waals surface area (Å²) in [5.74, 6) is 0.435. The Morgan fingerprint density at radius 2 is 2.03 bits per heavy atom. The van der Waals surface area contributed by atoms with Gasteiger partial charge in [-0.2, -0.15) is 0 Å². The molecule has 1 aliphatic heterocycles. The molecule has 160 valence electrons. The zero-order valence-electron chi connectivity index (χ0n) is 17.6. The van der Waals surface area contributed by atoms with E-state index in [9.17, 15) is 9.18 Å². The Kier molecular flexibility index (Phi) is 5.28. The van der Waals surface area contributed by atoms with Crippen molar-refractivity contribution in [1.82, 2.24) is 19.3 Å². The average Bonchev–Trinajstić information content (AvgIpc) is 3.20. The Labute approximate surface area is 179 Å². The average molecular weight is 420 g/mol. The van der Waals surface area contributed by atoms with Crippen LogP contribution in [0.5, 0.6) is 0 Å². The van der Waals surface area contributed by atoms with E-state index >= 15 is 0 Å². The number of piperidine rings is 1. The summed E-state index contributed by atoms with van der Waals surface area (Å²) in [6.45, 7) is 4.45. The molecule has 0 N–H and O–H groups in total. The number of rotatable bonds is 5. The number of hydrogen-bond donors (Lipinski definition) is 0. The first-order valence-corrected chi connectivity index (χ1v) is 10.8. The lowest BCUT2D eigenvalue weighted by Gasteiger charge is -2.32. The fourth-order valence-electron chi connectivity index (χ4n) is 4.46. The van der Waals surface area contributed by atoms with E-state index in [4.69, 9.17) is 4.42 Å². The number of benzene rings is 1. The largest absolute Gasteiger partial charge is 0.422 e. The number of halogens is 1. The quantitative estimate of drug-likeness (QED) is 0.449. The summed E-state index contributed by atoms with van der Waals surface area (Å²) in [4.78, 5) is 23.8. The molecule has 0 saturated carbocycles. The molecule has 0 atom stereocenters. The van der Waals surface area contributed by atoms with E-state index in [0.29, 0.717) is 34.8 Å². The van der Waals surface area contributed by atoms with Crippen LogP contribution in [0.25, 0.3) is 27.9 Å². The molecule has 1 fully saturated rings. The summed E-state index contributed by atoms with van der Waals surface area (Å²) in [7, 11) is 0. The lowest BCUT2D eigenvalue weighted by atomic mass is 9.89. The maximum Gasteiger partial charge on any atom is 0.345 e. The van der Waals surface area contributed by atoms with Gasteiger partial charge in [0.15, 0.2) is 5.65 Å². The van der Waals surface area contributed by atoms with E-state index in [2.05, 4.69) is 20.9 Å². The summed E-state index contributed by atoms with van der Waals surface area (Å²) < 4.78 is 20.0. The van der Waals surface area contributed by atoms with Gasteiger partial charge in [0.2, 0.25) is 0 Å². The van der Waals surface area contributed by atoms with Crippen LogP contribution in [0.2, 0.25) is 0 Å². The minimum absolute atomic E-state index is 0.253. The fourth-order valence-corrected chi connectivity index (χ4v) is 4.46. The molecule has 5 rings (SSSR count). The Bertz CT molecular complexity index is 1290. The molecule has 0 aliphatic carbocycles. The highest BCUT2D eigenvalue weighted by atomic mass is 19.1. The molecule has 0 unspecified atom stereocenters. The van der Waals surface area contributed by atoms with Crippen LogP contribution in [0.15, 0.2) is 52.1 Å². The molecule has 0 radical (unpaired) electrons. The van der Waals surface area contributed by atoms with Gasteiger partial charge in [0.25, 0.3) is 0 Å². The van der Waals surface area contributed by atoms with Gasteiger partial charge >= 0.3 is 5.63 Å². The first-order valence-electron chi connectivity index (χ1n) is 10.8. The van der Waals surface area contributed by atoms with Gasteiger partial charge in [-0.05, 0) is 62.9 Å². The highest BCUT2D eigenvalue weighted by Gasteiger charge is 2.21.